The normalized spacial score (nSPS) is 21.8. The Morgan fingerprint density at radius 3 is 2.64 bits per heavy atom. The van der Waals surface area contributed by atoms with E-state index in [0.717, 1.165) is 5.52 Å². The lowest BCUT2D eigenvalue weighted by atomic mass is 9.93. The van der Waals surface area contributed by atoms with Gasteiger partial charge in [-0.15, -0.1) is 0 Å². The van der Waals surface area contributed by atoms with Gasteiger partial charge in [-0.25, -0.2) is 0 Å². The molecule has 0 spiro atoms. The molecule has 1 fully saturated rings. The van der Waals surface area contributed by atoms with Crippen LogP contribution in [0.15, 0.2) is 30.6 Å². The van der Waals surface area contributed by atoms with Gasteiger partial charge in [-0.1, -0.05) is 0 Å². The third-order valence-corrected chi connectivity index (χ3v) is 4.21. The van der Waals surface area contributed by atoms with Crippen molar-refractivity contribution in [1.29, 1.82) is 0 Å². The predicted molar refractivity (Wildman–Crippen MR) is 80.4 cm³/mol. The number of aliphatic carboxylic acids is 1. The highest BCUT2D eigenvalue weighted by Gasteiger charge is 2.33. The third kappa shape index (κ3) is 2.64. The van der Waals surface area contributed by atoms with Crippen LogP contribution in [0.1, 0.15) is 30.1 Å². The summed E-state index contributed by atoms with van der Waals surface area (Å²) in [6.07, 6.45) is 4.51. The number of piperidine rings is 1. The van der Waals surface area contributed by atoms with Crippen molar-refractivity contribution >= 4 is 22.9 Å². The molecule has 1 aromatic heterocycles. The van der Waals surface area contributed by atoms with Crippen molar-refractivity contribution in [2.45, 2.75) is 25.8 Å². The fraction of sp³-hybridized carbons (Fsp3) is 0.375. The molecule has 0 radical (unpaired) electrons. The minimum Gasteiger partial charge on any atom is -0.481 e. The van der Waals surface area contributed by atoms with Crippen LogP contribution < -0.4 is 0 Å². The van der Waals surface area contributed by atoms with Crippen molar-refractivity contribution in [3.8, 4) is 0 Å². The molecule has 1 aromatic carbocycles. The van der Waals surface area contributed by atoms with Gasteiger partial charge >= 0.3 is 5.97 Å². The molecule has 22 heavy (non-hydrogen) atoms. The van der Waals surface area contributed by atoms with Gasteiger partial charge in [-0.3, -0.25) is 19.6 Å². The summed E-state index contributed by atoms with van der Waals surface area (Å²) >= 11 is 0. The van der Waals surface area contributed by atoms with Gasteiger partial charge in [-0.2, -0.15) is 0 Å². The maximum absolute atomic E-state index is 12.7. The summed E-state index contributed by atoms with van der Waals surface area (Å²) in [5, 5.41) is 9.18. The molecule has 3 rings (SSSR count). The van der Waals surface area contributed by atoms with E-state index in [0.29, 0.717) is 23.9 Å². The average Bonchev–Trinajstić information content (AvgIpc) is 2.54. The number of carboxylic acid groups (broad SMARTS) is 1. The second-order valence-corrected chi connectivity index (χ2v) is 5.68. The van der Waals surface area contributed by atoms with Crippen LogP contribution in [0.3, 0.4) is 0 Å². The first-order chi connectivity index (χ1) is 10.6. The number of hydrogen-bond donors (Lipinski definition) is 1. The Morgan fingerprint density at radius 1 is 1.18 bits per heavy atom. The van der Waals surface area contributed by atoms with E-state index in [1.54, 1.807) is 35.5 Å². The molecule has 1 amide bonds. The Morgan fingerprint density at radius 2 is 1.91 bits per heavy atom. The lowest BCUT2D eigenvalue weighted by molar-refractivity contribution is -0.143. The fourth-order valence-corrected chi connectivity index (χ4v) is 2.85. The highest BCUT2D eigenvalue weighted by Crippen LogP contribution is 2.24. The largest absolute Gasteiger partial charge is 0.481 e. The summed E-state index contributed by atoms with van der Waals surface area (Å²) in [6, 6.07) is 5.23. The monoisotopic (exact) mass is 299 g/mol. The Bertz CT molecular complexity index is 731. The molecular formula is C16H17N3O3. The van der Waals surface area contributed by atoms with Crippen molar-refractivity contribution in [1.82, 2.24) is 14.9 Å². The Balaban J connectivity index is 1.88. The second-order valence-electron chi connectivity index (χ2n) is 5.68. The molecule has 114 valence electrons. The van der Waals surface area contributed by atoms with Gasteiger partial charge in [-0.05, 0) is 38.0 Å². The summed E-state index contributed by atoms with van der Waals surface area (Å²) in [7, 11) is 0. The molecule has 1 aliphatic heterocycles. The summed E-state index contributed by atoms with van der Waals surface area (Å²) in [4.78, 5) is 33.9. The smallest absolute Gasteiger partial charge is 0.308 e. The van der Waals surface area contributed by atoms with Crippen LogP contribution in [-0.2, 0) is 4.79 Å². The first kappa shape index (κ1) is 14.4. The van der Waals surface area contributed by atoms with Gasteiger partial charge in [0.15, 0.2) is 0 Å². The van der Waals surface area contributed by atoms with E-state index in [-0.39, 0.29) is 18.5 Å². The Hall–Kier alpha value is -2.50. The molecule has 2 atom stereocenters. The summed E-state index contributed by atoms with van der Waals surface area (Å²) in [5.41, 5.74) is 1.91. The van der Waals surface area contributed by atoms with Gasteiger partial charge in [0.1, 0.15) is 0 Å². The number of carboxylic acids is 1. The van der Waals surface area contributed by atoms with Gasteiger partial charge in [0.2, 0.25) is 0 Å². The number of fused-ring (bicyclic) bond motifs is 1. The molecule has 0 bridgehead atoms. The minimum absolute atomic E-state index is 0.0423. The molecule has 0 aliphatic carbocycles. The molecule has 1 saturated heterocycles. The number of nitrogens with zero attached hydrogens (tertiary/aromatic N) is 3. The number of carbonyl (C=O) groups is 2. The quantitative estimate of drug-likeness (QED) is 0.916. The fourth-order valence-electron chi connectivity index (χ4n) is 2.85. The van der Waals surface area contributed by atoms with Gasteiger partial charge in [0.25, 0.3) is 5.91 Å². The topological polar surface area (TPSA) is 83.4 Å². The van der Waals surface area contributed by atoms with Crippen LogP contribution >= 0.6 is 0 Å². The first-order valence-electron chi connectivity index (χ1n) is 7.31. The van der Waals surface area contributed by atoms with Crippen molar-refractivity contribution in [2.75, 3.05) is 6.54 Å². The van der Waals surface area contributed by atoms with E-state index in [1.807, 2.05) is 6.92 Å². The highest BCUT2D eigenvalue weighted by atomic mass is 16.4. The van der Waals surface area contributed by atoms with Gasteiger partial charge < -0.3 is 10.0 Å². The maximum Gasteiger partial charge on any atom is 0.308 e. The molecule has 2 aromatic rings. The van der Waals surface area contributed by atoms with Crippen molar-refractivity contribution in [3.63, 3.8) is 0 Å². The zero-order valence-electron chi connectivity index (χ0n) is 12.3. The Labute approximate surface area is 127 Å². The van der Waals surface area contributed by atoms with Crippen LogP contribution in [0.25, 0.3) is 11.0 Å². The maximum atomic E-state index is 12.7. The van der Waals surface area contributed by atoms with E-state index >= 15 is 0 Å². The number of amides is 1. The van der Waals surface area contributed by atoms with Crippen molar-refractivity contribution in [3.05, 3.63) is 36.2 Å². The number of aromatic nitrogens is 2. The summed E-state index contributed by atoms with van der Waals surface area (Å²) in [5.74, 6) is -1.47. The lowest BCUT2D eigenvalue weighted by Gasteiger charge is -2.36. The average molecular weight is 299 g/mol. The van der Waals surface area contributed by atoms with Crippen LogP contribution in [0.4, 0.5) is 0 Å². The van der Waals surface area contributed by atoms with Crippen LogP contribution in [0, 0.1) is 5.92 Å². The highest BCUT2D eigenvalue weighted by molar-refractivity contribution is 5.97. The number of hydrogen-bond acceptors (Lipinski definition) is 4. The number of benzene rings is 1. The summed E-state index contributed by atoms with van der Waals surface area (Å²) < 4.78 is 0. The van der Waals surface area contributed by atoms with E-state index in [1.165, 1.54) is 0 Å². The van der Waals surface area contributed by atoms with Crippen LogP contribution in [0.5, 0.6) is 0 Å². The Kier molecular flexibility index (Phi) is 3.75. The predicted octanol–water partition coefficient (Wildman–Crippen LogP) is 1.96. The van der Waals surface area contributed by atoms with E-state index in [4.69, 9.17) is 0 Å². The molecular weight excluding hydrogens is 282 g/mol. The van der Waals surface area contributed by atoms with Crippen molar-refractivity contribution < 1.29 is 14.7 Å². The first-order valence-corrected chi connectivity index (χ1v) is 7.31. The molecule has 0 saturated carbocycles. The number of rotatable bonds is 2. The van der Waals surface area contributed by atoms with E-state index in [2.05, 4.69) is 9.97 Å². The molecule has 6 heteroatoms. The number of likely N-dealkylation sites (tertiary alicyclic amines) is 1. The van der Waals surface area contributed by atoms with Gasteiger partial charge in [0, 0.05) is 30.5 Å². The number of carbonyl (C=O) groups excluding carboxylic acids is 1. The summed E-state index contributed by atoms with van der Waals surface area (Å²) in [6.45, 7) is 2.21. The molecule has 1 aliphatic rings. The molecule has 2 unspecified atom stereocenters. The second kappa shape index (κ2) is 5.71. The molecule has 1 N–H and O–H groups in total. The molecule has 2 heterocycles. The standard InChI is InChI=1S/C16H17N3O3/c1-10-2-3-12(16(21)22)9-19(10)15(20)11-4-5-13-14(8-11)18-7-6-17-13/h4-8,10,12H,2-3,9H2,1H3,(H,21,22). The van der Waals surface area contributed by atoms with E-state index in [9.17, 15) is 14.7 Å². The molecule has 6 nitrogen and oxygen atoms in total. The van der Waals surface area contributed by atoms with Crippen molar-refractivity contribution in [2.24, 2.45) is 5.92 Å². The van der Waals surface area contributed by atoms with Crippen LogP contribution in [-0.4, -0.2) is 44.4 Å². The lowest BCUT2D eigenvalue weighted by Crippen LogP contribution is -2.47. The third-order valence-electron chi connectivity index (χ3n) is 4.21. The zero-order chi connectivity index (χ0) is 15.7. The van der Waals surface area contributed by atoms with E-state index < -0.39 is 11.9 Å². The minimum atomic E-state index is -0.839. The van der Waals surface area contributed by atoms with Gasteiger partial charge in [0.05, 0.1) is 17.0 Å². The van der Waals surface area contributed by atoms with Crippen LogP contribution in [0.2, 0.25) is 0 Å². The SMILES string of the molecule is CC1CCC(C(=O)O)CN1C(=O)c1ccc2nccnc2c1. The zero-order valence-corrected chi connectivity index (χ0v) is 12.3.